The fourth-order valence-corrected chi connectivity index (χ4v) is 16.0. The summed E-state index contributed by atoms with van der Waals surface area (Å²) in [6.45, 7) is 15.8. The molecule has 4 aliphatic carbocycles. The van der Waals surface area contributed by atoms with E-state index in [4.69, 9.17) is 71.1 Å². The fourth-order valence-electron chi connectivity index (χ4n) is 16.0. The number of allylic oxidation sites excluding steroid dienone is 1. The van der Waals surface area contributed by atoms with Crippen LogP contribution in [0.5, 0.6) is 0 Å². The Kier molecular flexibility index (Phi) is 20.5. The molecule has 5 aliphatic heterocycles. The molecule has 0 aromatic rings. The monoisotopic (exact) mass is 1180 g/mol. The maximum atomic E-state index is 13.4. The number of ether oxygens (including phenoxy) is 15. The molecule has 5 saturated heterocycles. The molecule has 6 N–H and O–H groups in total. The van der Waals surface area contributed by atoms with Crippen molar-refractivity contribution >= 4 is 11.8 Å². The minimum absolute atomic E-state index is 0.0862. The van der Waals surface area contributed by atoms with Gasteiger partial charge >= 0.3 is 5.97 Å². The molecular weight excluding hydrogens is 1090 g/mol. The number of hydrogen-bond donors (Lipinski definition) is 6. The Balaban J connectivity index is 0.771. The van der Waals surface area contributed by atoms with Gasteiger partial charge in [0, 0.05) is 76.9 Å². The number of esters is 1. The van der Waals surface area contributed by atoms with Gasteiger partial charge in [-0.1, -0.05) is 31.6 Å². The van der Waals surface area contributed by atoms with Crippen LogP contribution in [0.25, 0.3) is 0 Å². The smallest absolute Gasteiger partial charge is 0.333 e. The van der Waals surface area contributed by atoms with Gasteiger partial charge in [-0.15, -0.1) is 0 Å². The Hall–Kier alpha value is -2.18. The first-order valence-electron chi connectivity index (χ1n) is 30.1. The van der Waals surface area contributed by atoms with E-state index in [2.05, 4.69) is 13.0 Å². The van der Waals surface area contributed by atoms with Crippen molar-refractivity contribution in [2.45, 2.75) is 285 Å². The number of carbonyl (C=O) groups excluding carboxylic acids is 2. The van der Waals surface area contributed by atoms with Crippen LogP contribution in [0.2, 0.25) is 0 Å². The quantitative estimate of drug-likeness (QED) is 0.0652. The molecule has 5 heterocycles. The van der Waals surface area contributed by atoms with E-state index < -0.39 is 182 Å². The second-order valence-corrected chi connectivity index (χ2v) is 25.5. The molecule has 0 spiro atoms. The highest BCUT2D eigenvalue weighted by Gasteiger charge is 2.77. The van der Waals surface area contributed by atoms with Crippen molar-refractivity contribution in [3.63, 3.8) is 0 Å². The highest BCUT2D eigenvalue weighted by Crippen LogP contribution is 2.70. The zero-order valence-electron chi connectivity index (χ0n) is 50.7. The van der Waals surface area contributed by atoms with E-state index in [1.807, 2.05) is 27.7 Å². The molecule has 474 valence electrons. The number of aliphatic hydroxyl groups excluding tert-OH is 4. The summed E-state index contributed by atoms with van der Waals surface area (Å²) in [5.41, 5.74) is -3.38. The van der Waals surface area contributed by atoms with Crippen molar-refractivity contribution in [3.05, 3.63) is 23.3 Å². The molecule has 9 rings (SSSR count). The van der Waals surface area contributed by atoms with Crippen molar-refractivity contribution in [1.29, 1.82) is 0 Å². The first-order chi connectivity index (χ1) is 39.3. The number of fused-ring (bicyclic) bond motifs is 5. The Labute approximate surface area is 488 Å². The lowest BCUT2D eigenvalue weighted by Gasteiger charge is -2.66. The van der Waals surface area contributed by atoms with E-state index in [-0.39, 0.29) is 31.1 Å². The molecule has 0 aromatic carbocycles. The van der Waals surface area contributed by atoms with Gasteiger partial charge < -0.3 is 102 Å². The molecule has 0 amide bonds. The van der Waals surface area contributed by atoms with Crippen molar-refractivity contribution in [3.8, 4) is 0 Å². The molecule has 8 fully saturated rings. The molecule has 23 nitrogen and oxygen atoms in total. The van der Waals surface area contributed by atoms with Gasteiger partial charge in [-0.05, 0) is 98.8 Å². The molecule has 23 heteroatoms. The van der Waals surface area contributed by atoms with Crippen LogP contribution in [0.4, 0.5) is 0 Å². The van der Waals surface area contributed by atoms with Gasteiger partial charge in [-0.3, -0.25) is 4.79 Å². The predicted molar refractivity (Wildman–Crippen MR) is 291 cm³/mol. The number of rotatable bonds is 18. The summed E-state index contributed by atoms with van der Waals surface area (Å²) < 4.78 is 94.3. The highest BCUT2D eigenvalue weighted by molar-refractivity contribution is 5.88. The van der Waals surface area contributed by atoms with Crippen LogP contribution < -0.4 is 0 Å². The Morgan fingerprint density at radius 1 is 0.639 bits per heavy atom. The maximum absolute atomic E-state index is 13.4. The first-order valence-corrected chi connectivity index (χ1v) is 30.1. The molecule has 29 atom stereocenters. The van der Waals surface area contributed by atoms with Crippen LogP contribution >= 0.6 is 0 Å². The van der Waals surface area contributed by atoms with Crippen molar-refractivity contribution in [2.24, 2.45) is 22.7 Å². The summed E-state index contributed by atoms with van der Waals surface area (Å²) in [6.07, 6.45) is -9.38. The van der Waals surface area contributed by atoms with Crippen LogP contribution in [0.1, 0.15) is 133 Å². The Morgan fingerprint density at radius 3 is 1.55 bits per heavy atom. The van der Waals surface area contributed by atoms with Gasteiger partial charge in [0.1, 0.15) is 71.9 Å². The molecule has 0 aromatic heterocycles. The summed E-state index contributed by atoms with van der Waals surface area (Å²) in [5, 5.41) is 66.7. The van der Waals surface area contributed by atoms with Crippen LogP contribution in [-0.4, -0.2) is 230 Å². The lowest BCUT2D eigenvalue weighted by atomic mass is 9.43. The molecule has 83 heavy (non-hydrogen) atoms. The van der Waals surface area contributed by atoms with Gasteiger partial charge in [-0.2, -0.15) is 0 Å². The number of aliphatic hydroxyl groups is 6. The topological polar surface area (TPSA) is 294 Å². The molecule has 3 saturated carbocycles. The first kappa shape index (κ1) is 65.3. The third-order valence-corrected chi connectivity index (χ3v) is 21.0. The molecule has 29 unspecified atom stereocenters. The minimum atomic E-state index is -1.67. The third-order valence-electron chi connectivity index (χ3n) is 21.0. The minimum Gasteiger partial charge on any atom is -0.458 e. The Bertz CT molecular complexity index is 2290. The average Bonchev–Trinajstić information content (AvgIpc) is 1.70. The lowest BCUT2D eigenvalue weighted by molar-refractivity contribution is -0.358. The fraction of sp³-hybridized carbons (Fsp3) is 0.900. The highest BCUT2D eigenvalue weighted by atomic mass is 16.8. The summed E-state index contributed by atoms with van der Waals surface area (Å²) in [7, 11) is 6.38. The largest absolute Gasteiger partial charge is 0.458 e. The maximum Gasteiger partial charge on any atom is 0.333 e. The van der Waals surface area contributed by atoms with Crippen LogP contribution in [-0.2, 0) is 80.6 Å². The van der Waals surface area contributed by atoms with Gasteiger partial charge in [0.2, 0.25) is 0 Å². The second-order valence-electron chi connectivity index (χ2n) is 25.5. The van der Waals surface area contributed by atoms with Crippen LogP contribution in [0.15, 0.2) is 23.3 Å². The lowest BCUT2D eigenvalue weighted by Crippen LogP contribution is -2.75. The predicted octanol–water partition coefficient (Wildman–Crippen LogP) is 3.20. The molecule has 0 radical (unpaired) electrons. The van der Waals surface area contributed by atoms with Gasteiger partial charge in [0.05, 0.1) is 61.5 Å². The normalized spacial score (nSPS) is 50.4. The third kappa shape index (κ3) is 12.1. The van der Waals surface area contributed by atoms with E-state index in [0.29, 0.717) is 56.9 Å². The van der Waals surface area contributed by atoms with E-state index >= 15 is 0 Å². The molecular formula is C60H96O23. The average molecular weight is 1190 g/mol. The van der Waals surface area contributed by atoms with E-state index in [1.54, 1.807) is 48.2 Å². The number of Topliss-reactive ketones (excluding diaryl/α,β-unsaturated/α-hetero) is 1. The second kappa shape index (κ2) is 26.1. The summed E-state index contributed by atoms with van der Waals surface area (Å²) in [5.74, 6) is -1.60. The van der Waals surface area contributed by atoms with Crippen molar-refractivity contribution in [1.82, 2.24) is 0 Å². The molecule has 0 bridgehead atoms. The number of carbonyl (C=O) groups is 2. The van der Waals surface area contributed by atoms with Crippen molar-refractivity contribution in [2.75, 3.05) is 35.0 Å². The summed E-state index contributed by atoms with van der Waals surface area (Å²) >= 11 is 0. The van der Waals surface area contributed by atoms with Crippen LogP contribution in [0, 0.1) is 22.7 Å². The summed E-state index contributed by atoms with van der Waals surface area (Å²) in [6, 6.07) is 0. The summed E-state index contributed by atoms with van der Waals surface area (Å²) in [4.78, 5) is 26.6. The van der Waals surface area contributed by atoms with E-state index in [9.17, 15) is 40.2 Å². The van der Waals surface area contributed by atoms with Gasteiger partial charge in [0.25, 0.3) is 0 Å². The Morgan fingerprint density at radius 2 is 1.11 bits per heavy atom. The zero-order chi connectivity index (χ0) is 60.2. The SMILES string of the molecule is CC=C(C)C(=O)OC1CC2C3(C)CCC(OC4CC(OC)C(OC5CC(OC)C(OC6CC(OC)C(OC7CC(OC)C(OC8OC(CO)C(O)C(O)C8O)C(C)O7)C(C)O6)C(C)O5)C(C)O4)CC3=CCC2(O)C2(O)CCC(C(C)=O)C12C. The van der Waals surface area contributed by atoms with Gasteiger partial charge in [0.15, 0.2) is 31.5 Å². The zero-order valence-corrected chi connectivity index (χ0v) is 50.7. The van der Waals surface area contributed by atoms with Gasteiger partial charge in [-0.25, -0.2) is 4.79 Å². The van der Waals surface area contributed by atoms with E-state index in [1.165, 1.54) is 14.0 Å². The van der Waals surface area contributed by atoms with Crippen molar-refractivity contribution < 1.29 is 111 Å². The van der Waals surface area contributed by atoms with E-state index in [0.717, 1.165) is 5.57 Å². The number of ketones is 1. The van der Waals surface area contributed by atoms with Crippen LogP contribution in [0.3, 0.4) is 0 Å². The number of methoxy groups -OCH3 is 4. The standard InChI is InChI=1S/C60H96O23/c1-14-28(2)55(66)79-43-26-42-57(8)18-16-35(21-34(57)15-19-59(42,67)60(68)20-17-36(29(3)62)58(43,60)9)77-44-22-37(69-10)51(30(4)73-44)80-45-23-38(70-11)52(31(5)74-45)81-46-24-39(71-12)53(32(6)75-46)82-47-25-40(72-13)54(33(7)76-47)83-56-50(65)49(64)48(63)41(27-61)78-56/h14-15,30-33,35-54,56,61,63-65,67-68H,16-27H2,1-13H3. The molecule has 9 aliphatic rings. The number of hydrogen-bond acceptors (Lipinski definition) is 23.